The van der Waals surface area contributed by atoms with Gasteiger partial charge in [-0.2, -0.15) is 0 Å². The summed E-state index contributed by atoms with van der Waals surface area (Å²) in [4.78, 5) is 16.6. The Bertz CT molecular complexity index is 730. The highest BCUT2D eigenvalue weighted by molar-refractivity contribution is 5.75. The van der Waals surface area contributed by atoms with Gasteiger partial charge < -0.3 is 14.5 Å². The van der Waals surface area contributed by atoms with Crippen LogP contribution in [0.15, 0.2) is 4.63 Å². The molecular formula is C15H21N7O2. The third-order valence-corrected chi connectivity index (χ3v) is 5.28. The number of anilines is 2. The summed E-state index contributed by atoms with van der Waals surface area (Å²) in [6.45, 7) is 7.36. The third-order valence-electron chi connectivity index (χ3n) is 5.28. The summed E-state index contributed by atoms with van der Waals surface area (Å²) in [5.41, 5.74) is 0.954. The molecule has 1 unspecified atom stereocenters. The van der Waals surface area contributed by atoms with Crippen molar-refractivity contribution in [2.75, 3.05) is 62.3 Å². The summed E-state index contributed by atoms with van der Waals surface area (Å²) in [5.74, 6) is 1.79. The lowest BCUT2D eigenvalue weighted by Gasteiger charge is -2.39. The quantitative estimate of drug-likeness (QED) is 0.762. The van der Waals surface area contributed by atoms with E-state index in [1.165, 1.54) is 19.4 Å². The van der Waals surface area contributed by atoms with Gasteiger partial charge >= 0.3 is 0 Å². The number of piperazine rings is 1. The van der Waals surface area contributed by atoms with E-state index >= 15 is 0 Å². The molecule has 5 rings (SSSR count). The van der Waals surface area contributed by atoms with E-state index in [4.69, 9.17) is 19.3 Å². The number of aromatic nitrogens is 4. The van der Waals surface area contributed by atoms with E-state index in [0.717, 1.165) is 44.4 Å². The van der Waals surface area contributed by atoms with Crippen molar-refractivity contribution in [3.05, 3.63) is 0 Å². The first-order valence-corrected chi connectivity index (χ1v) is 8.70. The molecule has 0 spiro atoms. The lowest BCUT2D eigenvalue weighted by atomic mass is 10.1. The fourth-order valence-electron chi connectivity index (χ4n) is 4.00. The fraction of sp³-hybridized carbons (Fsp3) is 0.733. The highest BCUT2D eigenvalue weighted by atomic mass is 16.6. The minimum absolute atomic E-state index is 0.472. The molecule has 3 fully saturated rings. The van der Waals surface area contributed by atoms with Gasteiger partial charge in [0.25, 0.3) is 0 Å². The predicted octanol–water partition coefficient (Wildman–Crippen LogP) is 0.134. The van der Waals surface area contributed by atoms with Crippen LogP contribution in [0.1, 0.15) is 12.8 Å². The number of rotatable bonds is 2. The first-order valence-electron chi connectivity index (χ1n) is 8.70. The van der Waals surface area contributed by atoms with Crippen molar-refractivity contribution >= 4 is 22.9 Å². The van der Waals surface area contributed by atoms with Gasteiger partial charge in [0.15, 0.2) is 11.6 Å². The Labute approximate surface area is 139 Å². The first kappa shape index (κ1) is 14.4. The van der Waals surface area contributed by atoms with Gasteiger partial charge in [-0.1, -0.05) is 0 Å². The number of hydrogen-bond acceptors (Lipinski definition) is 9. The zero-order chi connectivity index (χ0) is 15.9. The van der Waals surface area contributed by atoms with Gasteiger partial charge in [0, 0.05) is 38.8 Å². The Morgan fingerprint density at radius 1 is 0.833 bits per heavy atom. The van der Waals surface area contributed by atoms with E-state index < -0.39 is 0 Å². The van der Waals surface area contributed by atoms with E-state index in [9.17, 15) is 0 Å². The zero-order valence-corrected chi connectivity index (χ0v) is 13.6. The minimum Gasteiger partial charge on any atom is -0.378 e. The van der Waals surface area contributed by atoms with E-state index in [1.54, 1.807) is 0 Å². The number of ether oxygens (including phenoxy) is 1. The van der Waals surface area contributed by atoms with Gasteiger partial charge in [-0.05, 0) is 29.7 Å². The number of morpholine rings is 1. The molecular weight excluding hydrogens is 310 g/mol. The summed E-state index contributed by atoms with van der Waals surface area (Å²) in [6, 6.07) is 0.629. The maximum atomic E-state index is 5.48. The smallest absolute Gasteiger partial charge is 0.245 e. The van der Waals surface area contributed by atoms with Crippen LogP contribution in [0.5, 0.6) is 0 Å². The molecule has 2 aromatic rings. The lowest BCUT2D eigenvalue weighted by molar-refractivity contribution is 0.122. The molecule has 0 aromatic carbocycles. The summed E-state index contributed by atoms with van der Waals surface area (Å²) in [6.07, 6.45) is 2.57. The molecule has 0 N–H and O–H groups in total. The van der Waals surface area contributed by atoms with Crippen LogP contribution >= 0.6 is 0 Å². The summed E-state index contributed by atoms with van der Waals surface area (Å²) < 4.78 is 10.3. The van der Waals surface area contributed by atoms with Crippen molar-refractivity contribution in [3.63, 3.8) is 0 Å². The molecule has 1 atom stereocenters. The Hall–Kier alpha value is -2.00. The van der Waals surface area contributed by atoms with Gasteiger partial charge in [-0.3, -0.25) is 4.90 Å². The van der Waals surface area contributed by atoms with Gasteiger partial charge in [0.1, 0.15) is 0 Å². The summed E-state index contributed by atoms with van der Waals surface area (Å²) >= 11 is 0. The normalized spacial score (nSPS) is 25.4. The minimum atomic E-state index is 0.472. The molecule has 3 saturated heterocycles. The average Bonchev–Trinajstić information content (AvgIpc) is 3.29. The second kappa shape index (κ2) is 5.82. The molecule has 0 saturated carbocycles. The van der Waals surface area contributed by atoms with Crippen LogP contribution in [0.25, 0.3) is 11.3 Å². The Balaban J connectivity index is 1.52. The molecule has 9 heteroatoms. The Morgan fingerprint density at radius 2 is 1.58 bits per heavy atom. The van der Waals surface area contributed by atoms with Crippen LogP contribution in [0, 0.1) is 0 Å². The fourth-order valence-corrected chi connectivity index (χ4v) is 4.00. The molecule has 0 radical (unpaired) electrons. The van der Waals surface area contributed by atoms with Crippen LogP contribution < -0.4 is 9.80 Å². The summed E-state index contributed by atoms with van der Waals surface area (Å²) in [7, 11) is 0. The maximum Gasteiger partial charge on any atom is 0.245 e. The van der Waals surface area contributed by atoms with Gasteiger partial charge in [0.2, 0.25) is 11.3 Å². The largest absolute Gasteiger partial charge is 0.378 e. The first-order chi connectivity index (χ1) is 11.9. The molecule has 9 nitrogen and oxygen atoms in total. The molecule has 3 aliphatic rings. The molecule has 24 heavy (non-hydrogen) atoms. The molecule has 2 aromatic heterocycles. The molecule has 3 aliphatic heterocycles. The maximum absolute atomic E-state index is 5.48. The molecule has 128 valence electrons. The second-order valence-corrected chi connectivity index (χ2v) is 6.66. The molecule has 0 bridgehead atoms. The standard InChI is InChI=1S/C15H21N7O2/c1-2-11-10-22(5-4-20(11)3-1)15-14(21-6-8-23-9-7-21)16-12-13(17-15)19-24-18-12/h11H,1-10H2. The SMILES string of the molecule is C1CC2CN(c3nc4nonc4nc3N3CCOCC3)CCN2C1. The van der Waals surface area contributed by atoms with Crippen molar-refractivity contribution < 1.29 is 9.37 Å². The number of hydrogen-bond donors (Lipinski definition) is 0. The molecule has 0 aliphatic carbocycles. The number of fused-ring (bicyclic) bond motifs is 2. The molecule has 0 amide bonds. The van der Waals surface area contributed by atoms with Crippen LogP contribution in [0.2, 0.25) is 0 Å². The van der Waals surface area contributed by atoms with E-state index in [1.807, 2.05) is 0 Å². The van der Waals surface area contributed by atoms with Crippen molar-refractivity contribution in [1.82, 2.24) is 25.2 Å². The number of nitrogens with zero attached hydrogens (tertiary/aromatic N) is 7. The van der Waals surface area contributed by atoms with Crippen LogP contribution in [-0.2, 0) is 4.74 Å². The van der Waals surface area contributed by atoms with E-state index in [-0.39, 0.29) is 0 Å². The monoisotopic (exact) mass is 331 g/mol. The van der Waals surface area contributed by atoms with Gasteiger partial charge in [-0.25, -0.2) is 14.6 Å². The van der Waals surface area contributed by atoms with Crippen LogP contribution in [0.4, 0.5) is 11.6 Å². The predicted molar refractivity (Wildman–Crippen MR) is 87.2 cm³/mol. The average molecular weight is 331 g/mol. The Morgan fingerprint density at radius 3 is 2.38 bits per heavy atom. The summed E-state index contributed by atoms with van der Waals surface area (Å²) in [5, 5.41) is 7.76. The highest BCUT2D eigenvalue weighted by Gasteiger charge is 2.33. The van der Waals surface area contributed by atoms with Crippen molar-refractivity contribution in [2.24, 2.45) is 0 Å². The topological polar surface area (TPSA) is 83.6 Å². The zero-order valence-electron chi connectivity index (χ0n) is 13.6. The Kier molecular flexibility index (Phi) is 3.48. The van der Waals surface area contributed by atoms with Crippen molar-refractivity contribution in [1.29, 1.82) is 0 Å². The third kappa shape index (κ3) is 2.39. The molecule has 5 heterocycles. The van der Waals surface area contributed by atoms with Gasteiger partial charge in [0.05, 0.1) is 13.2 Å². The van der Waals surface area contributed by atoms with E-state index in [2.05, 4.69) is 25.0 Å². The van der Waals surface area contributed by atoms with Crippen molar-refractivity contribution in [3.8, 4) is 0 Å². The highest BCUT2D eigenvalue weighted by Crippen LogP contribution is 2.31. The van der Waals surface area contributed by atoms with E-state index in [0.29, 0.717) is 30.5 Å². The van der Waals surface area contributed by atoms with Crippen molar-refractivity contribution in [2.45, 2.75) is 18.9 Å². The van der Waals surface area contributed by atoms with Crippen LogP contribution in [0.3, 0.4) is 0 Å². The second-order valence-electron chi connectivity index (χ2n) is 6.66. The lowest BCUT2D eigenvalue weighted by Crippen LogP contribution is -2.51. The van der Waals surface area contributed by atoms with Gasteiger partial charge in [-0.15, -0.1) is 0 Å². The van der Waals surface area contributed by atoms with Crippen LogP contribution in [-0.4, -0.2) is 83.7 Å².